The molecule has 0 N–H and O–H groups in total. The molecule has 126 valence electrons. The van der Waals surface area contributed by atoms with Gasteiger partial charge in [-0.15, -0.1) is 0 Å². The van der Waals surface area contributed by atoms with Gasteiger partial charge in [0.1, 0.15) is 4.53 Å². The largest absolute Gasteiger partial charge is 0.466 e. The fourth-order valence-electron chi connectivity index (χ4n) is 3.57. The summed E-state index contributed by atoms with van der Waals surface area (Å²) in [6.07, 6.45) is 4.93. The van der Waals surface area contributed by atoms with Crippen molar-refractivity contribution in [3.05, 3.63) is 19.7 Å². The van der Waals surface area contributed by atoms with Crippen LogP contribution in [0.2, 0.25) is 0 Å². The van der Waals surface area contributed by atoms with E-state index in [2.05, 4.69) is 28.5 Å². The molecule has 0 unspecified atom stereocenters. The van der Waals surface area contributed by atoms with Crippen molar-refractivity contribution in [3.8, 4) is 0 Å². The van der Waals surface area contributed by atoms with Crippen molar-refractivity contribution in [2.24, 2.45) is 16.8 Å². The Morgan fingerprint density at radius 1 is 1.39 bits per heavy atom. The highest BCUT2D eigenvalue weighted by molar-refractivity contribution is 7.07. The van der Waals surface area contributed by atoms with Gasteiger partial charge < -0.3 is 4.74 Å². The fourth-order valence-corrected chi connectivity index (χ4v) is 4.50. The Kier molecular flexibility index (Phi) is 4.68. The van der Waals surface area contributed by atoms with Crippen LogP contribution in [0.15, 0.2) is 9.79 Å². The minimum absolute atomic E-state index is 0.152. The third-order valence-corrected chi connectivity index (χ3v) is 6.23. The highest BCUT2D eigenvalue weighted by atomic mass is 32.1. The summed E-state index contributed by atoms with van der Waals surface area (Å²) in [6.45, 7) is 5.80. The van der Waals surface area contributed by atoms with Crippen LogP contribution in [0.3, 0.4) is 0 Å². The second-order valence-corrected chi connectivity index (χ2v) is 7.52. The highest BCUT2D eigenvalue weighted by Crippen LogP contribution is 2.33. The Balaban J connectivity index is 1.88. The van der Waals surface area contributed by atoms with E-state index in [9.17, 15) is 9.59 Å². The number of hydrogen-bond acceptors (Lipinski definition) is 6. The van der Waals surface area contributed by atoms with Crippen molar-refractivity contribution < 1.29 is 9.53 Å². The first-order valence-corrected chi connectivity index (χ1v) is 8.90. The summed E-state index contributed by atoms with van der Waals surface area (Å²) in [7, 11) is 1.31. The molecule has 0 amide bonds. The van der Waals surface area contributed by atoms with Gasteiger partial charge >= 0.3 is 5.97 Å². The second-order valence-electron chi connectivity index (χ2n) is 6.51. The zero-order valence-corrected chi connectivity index (χ0v) is 14.6. The lowest BCUT2D eigenvalue weighted by molar-refractivity contribution is -0.133. The summed E-state index contributed by atoms with van der Waals surface area (Å²) in [5, 5.41) is 0. The summed E-state index contributed by atoms with van der Waals surface area (Å²) in [5.74, 6) is 0.807. The molecule has 3 rings (SSSR count). The summed E-state index contributed by atoms with van der Waals surface area (Å²) >= 11 is 1.26. The molecular weight excluding hydrogens is 314 g/mol. The molecule has 7 heteroatoms. The normalized spacial score (nSPS) is 29.0. The minimum Gasteiger partial charge on any atom is -0.466 e. The van der Waals surface area contributed by atoms with Gasteiger partial charge in [0.25, 0.3) is 5.56 Å². The molecule has 1 aromatic heterocycles. The number of aromatic nitrogens is 1. The third-order valence-electron chi connectivity index (χ3n) is 5.18. The SMILES string of the molecule is COC(=O)/C=c1/sc2n(c1=O)CN([C@H]1CCC[C@H](C)[C@H]1C)CN=2. The maximum atomic E-state index is 12.5. The van der Waals surface area contributed by atoms with Crippen LogP contribution >= 0.6 is 11.3 Å². The number of thiazole rings is 1. The minimum atomic E-state index is -0.507. The van der Waals surface area contributed by atoms with Crippen LogP contribution in [0, 0.1) is 11.8 Å². The number of nitrogens with zero attached hydrogens (tertiary/aromatic N) is 3. The van der Waals surface area contributed by atoms with Crippen LogP contribution < -0.4 is 14.9 Å². The number of esters is 1. The molecule has 2 heterocycles. The standard InChI is InChI=1S/C16H23N3O3S/c1-10-5-4-6-12(11(10)2)18-8-17-16-19(9-18)15(21)13(23-16)7-14(20)22-3/h7,10-12H,4-6,8-9H2,1-3H3/b13-7+/t10-,11+,12-/m0/s1. The number of hydrogen-bond donors (Lipinski definition) is 0. The van der Waals surface area contributed by atoms with Crippen molar-refractivity contribution in [2.45, 2.75) is 45.8 Å². The summed E-state index contributed by atoms with van der Waals surface area (Å²) in [6, 6.07) is 0.468. The number of carbonyl (C=O) groups is 1. The van der Waals surface area contributed by atoms with Crippen LogP contribution in [0.4, 0.5) is 0 Å². The maximum Gasteiger partial charge on any atom is 0.332 e. The van der Waals surface area contributed by atoms with Gasteiger partial charge in [0.05, 0.1) is 20.4 Å². The van der Waals surface area contributed by atoms with Crippen molar-refractivity contribution >= 4 is 23.4 Å². The number of fused-ring (bicyclic) bond motifs is 1. The van der Waals surface area contributed by atoms with Gasteiger partial charge in [0, 0.05) is 12.1 Å². The maximum absolute atomic E-state index is 12.5. The average molecular weight is 337 g/mol. The zero-order chi connectivity index (χ0) is 16.6. The van der Waals surface area contributed by atoms with E-state index in [1.807, 2.05) is 0 Å². The molecule has 1 aromatic rings. The lowest BCUT2D eigenvalue weighted by Crippen LogP contribution is -2.50. The predicted molar refractivity (Wildman–Crippen MR) is 88.5 cm³/mol. The molecule has 1 aliphatic heterocycles. The first-order chi connectivity index (χ1) is 11.0. The molecule has 1 saturated carbocycles. The van der Waals surface area contributed by atoms with Crippen molar-refractivity contribution in [3.63, 3.8) is 0 Å². The van der Waals surface area contributed by atoms with Crippen LogP contribution in [-0.4, -0.2) is 35.3 Å². The van der Waals surface area contributed by atoms with Gasteiger partial charge in [-0.3, -0.25) is 14.3 Å². The summed E-state index contributed by atoms with van der Waals surface area (Å²) in [4.78, 5) is 31.4. The molecule has 1 aliphatic carbocycles. The van der Waals surface area contributed by atoms with Gasteiger partial charge in [0.15, 0.2) is 4.80 Å². The Bertz CT molecular complexity index is 767. The molecule has 0 aromatic carbocycles. The third kappa shape index (κ3) is 3.12. The molecule has 23 heavy (non-hydrogen) atoms. The Morgan fingerprint density at radius 3 is 2.91 bits per heavy atom. The number of ether oxygens (including phenoxy) is 1. The van der Waals surface area contributed by atoms with Gasteiger partial charge in [-0.2, -0.15) is 0 Å². The highest BCUT2D eigenvalue weighted by Gasteiger charge is 2.32. The van der Waals surface area contributed by atoms with E-state index in [4.69, 9.17) is 0 Å². The molecule has 6 nitrogen and oxygen atoms in total. The molecule has 0 spiro atoms. The quantitative estimate of drug-likeness (QED) is 0.739. The topological polar surface area (TPSA) is 63.9 Å². The van der Waals surface area contributed by atoms with Crippen LogP contribution in [0.5, 0.6) is 0 Å². The number of carbonyl (C=O) groups excluding carboxylic acids is 1. The number of rotatable bonds is 2. The van der Waals surface area contributed by atoms with E-state index in [1.54, 1.807) is 4.57 Å². The Labute approximate surface area is 139 Å². The molecule has 1 fully saturated rings. The zero-order valence-electron chi connectivity index (χ0n) is 13.8. The Morgan fingerprint density at radius 2 is 2.17 bits per heavy atom. The van der Waals surface area contributed by atoms with Crippen molar-refractivity contribution in [1.82, 2.24) is 9.47 Å². The monoisotopic (exact) mass is 337 g/mol. The predicted octanol–water partition coefficient (Wildman–Crippen LogP) is 0.538. The smallest absolute Gasteiger partial charge is 0.332 e. The summed E-state index contributed by atoms with van der Waals surface area (Å²) in [5.41, 5.74) is -0.152. The number of methoxy groups -OCH3 is 1. The van der Waals surface area contributed by atoms with Crippen molar-refractivity contribution in [2.75, 3.05) is 13.8 Å². The van der Waals surface area contributed by atoms with E-state index in [1.165, 1.54) is 37.4 Å². The fraction of sp³-hybridized carbons (Fsp3) is 0.688. The van der Waals surface area contributed by atoms with Crippen LogP contribution in [-0.2, 0) is 16.2 Å². The van der Waals surface area contributed by atoms with Crippen LogP contribution in [0.1, 0.15) is 33.1 Å². The summed E-state index contributed by atoms with van der Waals surface area (Å²) < 4.78 is 6.67. The molecule has 0 radical (unpaired) electrons. The Hall–Kier alpha value is -1.47. The molecule has 2 aliphatic rings. The molecule has 3 atom stereocenters. The molecule has 0 saturated heterocycles. The molecular formula is C16H23N3O3S. The van der Waals surface area contributed by atoms with Crippen molar-refractivity contribution in [1.29, 1.82) is 0 Å². The van der Waals surface area contributed by atoms with E-state index in [-0.39, 0.29) is 5.56 Å². The van der Waals surface area contributed by atoms with Gasteiger partial charge in [-0.25, -0.2) is 9.79 Å². The van der Waals surface area contributed by atoms with Gasteiger partial charge in [-0.05, 0) is 18.3 Å². The van der Waals surface area contributed by atoms with E-state index < -0.39 is 5.97 Å². The second kappa shape index (κ2) is 6.57. The lowest BCUT2D eigenvalue weighted by Gasteiger charge is -2.41. The van der Waals surface area contributed by atoms with E-state index >= 15 is 0 Å². The van der Waals surface area contributed by atoms with Crippen LogP contribution in [0.25, 0.3) is 6.08 Å². The van der Waals surface area contributed by atoms with E-state index in [0.717, 1.165) is 6.42 Å². The first-order valence-electron chi connectivity index (χ1n) is 8.09. The average Bonchev–Trinajstić information content (AvgIpc) is 2.85. The van der Waals surface area contributed by atoms with E-state index in [0.29, 0.717) is 40.5 Å². The first kappa shape index (κ1) is 16.4. The van der Waals surface area contributed by atoms with Gasteiger partial charge in [-0.1, -0.05) is 38.0 Å². The van der Waals surface area contributed by atoms with Gasteiger partial charge in [0.2, 0.25) is 0 Å². The molecule has 0 bridgehead atoms. The lowest BCUT2D eigenvalue weighted by atomic mass is 9.77.